The van der Waals surface area contributed by atoms with Gasteiger partial charge in [-0.25, -0.2) is 0 Å². The largest absolute Gasteiger partial charge is 0.457 e. The van der Waals surface area contributed by atoms with E-state index in [-0.39, 0.29) is 17.6 Å². The van der Waals surface area contributed by atoms with Gasteiger partial charge in [0.25, 0.3) is 5.91 Å². The summed E-state index contributed by atoms with van der Waals surface area (Å²) in [5, 5.41) is 4.18. The molecule has 0 saturated carbocycles. The SMILES string of the molecule is CCn1cc(C(=O)N2CCCC(C(=O)c3ccc(Oc4ccccc4)cc3)C2)cn1. The van der Waals surface area contributed by atoms with Crippen LogP contribution in [0.2, 0.25) is 0 Å². The van der Waals surface area contributed by atoms with Crippen molar-refractivity contribution in [1.82, 2.24) is 14.7 Å². The topological polar surface area (TPSA) is 64.4 Å². The molecule has 4 rings (SSSR count). The van der Waals surface area contributed by atoms with Crippen molar-refractivity contribution < 1.29 is 14.3 Å². The first-order valence-electron chi connectivity index (χ1n) is 10.3. The fourth-order valence-electron chi connectivity index (χ4n) is 3.75. The van der Waals surface area contributed by atoms with Crippen LogP contribution in [0.5, 0.6) is 11.5 Å². The second-order valence-corrected chi connectivity index (χ2v) is 7.48. The van der Waals surface area contributed by atoms with Crippen LogP contribution in [0.1, 0.15) is 40.5 Å². The molecule has 1 unspecified atom stereocenters. The third kappa shape index (κ3) is 4.43. The predicted octanol–water partition coefficient (Wildman–Crippen LogP) is 4.43. The molecule has 0 aliphatic carbocycles. The maximum absolute atomic E-state index is 13.0. The monoisotopic (exact) mass is 403 g/mol. The average molecular weight is 403 g/mol. The van der Waals surface area contributed by atoms with Gasteiger partial charge in [-0.1, -0.05) is 18.2 Å². The second kappa shape index (κ2) is 8.95. The van der Waals surface area contributed by atoms with Crippen LogP contribution >= 0.6 is 0 Å². The molecule has 6 heteroatoms. The molecule has 0 radical (unpaired) electrons. The zero-order valence-corrected chi connectivity index (χ0v) is 17.0. The van der Waals surface area contributed by atoms with Crippen LogP contribution in [0, 0.1) is 5.92 Å². The van der Waals surface area contributed by atoms with Gasteiger partial charge >= 0.3 is 0 Å². The van der Waals surface area contributed by atoms with Crippen LogP contribution in [0.15, 0.2) is 67.0 Å². The molecule has 0 N–H and O–H groups in total. The highest BCUT2D eigenvalue weighted by molar-refractivity contribution is 5.99. The molecular formula is C24H25N3O3. The Labute approximate surface area is 176 Å². The van der Waals surface area contributed by atoms with Crippen molar-refractivity contribution in [2.45, 2.75) is 26.3 Å². The summed E-state index contributed by atoms with van der Waals surface area (Å²) in [7, 11) is 0. The van der Waals surface area contributed by atoms with E-state index >= 15 is 0 Å². The molecule has 1 aliphatic rings. The number of Topliss-reactive ketones (excluding diaryl/α,β-unsaturated/α-hetero) is 1. The highest BCUT2D eigenvalue weighted by Crippen LogP contribution is 2.25. The number of likely N-dealkylation sites (tertiary alicyclic amines) is 1. The Morgan fingerprint density at radius 2 is 1.77 bits per heavy atom. The number of carbonyl (C=O) groups is 2. The van der Waals surface area contributed by atoms with Crippen molar-refractivity contribution in [2.75, 3.05) is 13.1 Å². The number of ketones is 1. The molecule has 1 saturated heterocycles. The Hall–Kier alpha value is -3.41. The molecule has 154 valence electrons. The van der Waals surface area contributed by atoms with Crippen LogP contribution in [-0.2, 0) is 6.54 Å². The lowest BCUT2D eigenvalue weighted by molar-refractivity contribution is 0.0637. The molecule has 2 heterocycles. The summed E-state index contributed by atoms with van der Waals surface area (Å²) < 4.78 is 7.53. The van der Waals surface area contributed by atoms with E-state index in [0.29, 0.717) is 30.0 Å². The second-order valence-electron chi connectivity index (χ2n) is 7.48. The number of benzene rings is 2. The van der Waals surface area contributed by atoms with E-state index < -0.39 is 0 Å². The molecule has 1 aromatic heterocycles. The summed E-state index contributed by atoms with van der Waals surface area (Å²) in [5.41, 5.74) is 1.22. The molecule has 1 amide bonds. The summed E-state index contributed by atoms with van der Waals surface area (Å²) in [6.45, 7) is 3.81. The van der Waals surface area contributed by atoms with Crippen LogP contribution < -0.4 is 4.74 Å². The maximum atomic E-state index is 13.0. The molecule has 1 aliphatic heterocycles. The molecule has 6 nitrogen and oxygen atoms in total. The van der Waals surface area contributed by atoms with Crippen molar-refractivity contribution in [3.63, 3.8) is 0 Å². The smallest absolute Gasteiger partial charge is 0.257 e. The zero-order valence-electron chi connectivity index (χ0n) is 17.0. The number of para-hydroxylation sites is 1. The summed E-state index contributed by atoms with van der Waals surface area (Å²) in [6.07, 6.45) is 4.97. The van der Waals surface area contributed by atoms with Gasteiger partial charge in [-0.15, -0.1) is 0 Å². The third-order valence-corrected chi connectivity index (χ3v) is 5.40. The number of piperidine rings is 1. The Bertz CT molecular complexity index is 1010. The van der Waals surface area contributed by atoms with E-state index in [1.165, 1.54) is 0 Å². The number of rotatable bonds is 6. The number of amides is 1. The van der Waals surface area contributed by atoms with Gasteiger partial charge in [0.2, 0.25) is 0 Å². The minimum atomic E-state index is -0.190. The van der Waals surface area contributed by atoms with E-state index in [4.69, 9.17) is 4.74 Å². The molecule has 1 fully saturated rings. The van der Waals surface area contributed by atoms with Gasteiger partial charge in [-0.05, 0) is 56.2 Å². The summed E-state index contributed by atoms with van der Waals surface area (Å²) >= 11 is 0. The molecule has 0 bridgehead atoms. The molecular weight excluding hydrogens is 378 g/mol. The fraction of sp³-hybridized carbons (Fsp3) is 0.292. The Balaban J connectivity index is 1.40. The number of aromatic nitrogens is 2. The van der Waals surface area contributed by atoms with Gasteiger partial charge in [0.1, 0.15) is 11.5 Å². The Morgan fingerprint density at radius 3 is 2.47 bits per heavy atom. The van der Waals surface area contributed by atoms with Crippen molar-refractivity contribution in [1.29, 1.82) is 0 Å². The van der Waals surface area contributed by atoms with Crippen molar-refractivity contribution in [2.24, 2.45) is 5.92 Å². The number of hydrogen-bond acceptors (Lipinski definition) is 4. The minimum Gasteiger partial charge on any atom is -0.457 e. The number of aryl methyl sites for hydroxylation is 1. The van der Waals surface area contributed by atoms with E-state index in [0.717, 1.165) is 25.1 Å². The van der Waals surface area contributed by atoms with E-state index in [2.05, 4.69) is 5.10 Å². The highest BCUT2D eigenvalue weighted by Gasteiger charge is 2.30. The minimum absolute atomic E-state index is 0.0567. The van der Waals surface area contributed by atoms with Gasteiger partial charge in [0, 0.05) is 37.3 Å². The van der Waals surface area contributed by atoms with Crippen LogP contribution in [0.4, 0.5) is 0 Å². The van der Waals surface area contributed by atoms with Gasteiger partial charge < -0.3 is 9.64 Å². The quantitative estimate of drug-likeness (QED) is 0.571. The van der Waals surface area contributed by atoms with Gasteiger partial charge in [-0.2, -0.15) is 5.10 Å². The third-order valence-electron chi connectivity index (χ3n) is 5.40. The summed E-state index contributed by atoms with van der Waals surface area (Å²) in [5.74, 6) is 1.27. The summed E-state index contributed by atoms with van der Waals surface area (Å²) in [6, 6.07) is 16.7. The van der Waals surface area contributed by atoms with Crippen molar-refractivity contribution in [3.05, 3.63) is 78.1 Å². The first kappa shape index (κ1) is 19.9. The lowest BCUT2D eigenvalue weighted by Crippen LogP contribution is -2.42. The lowest BCUT2D eigenvalue weighted by Gasteiger charge is -2.31. The summed E-state index contributed by atoms with van der Waals surface area (Å²) in [4.78, 5) is 27.6. The molecule has 30 heavy (non-hydrogen) atoms. The van der Waals surface area contributed by atoms with Gasteiger partial charge in [-0.3, -0.25) is 14.3 Å². The fourth-order valence-corrected chi connectivity index (χ4v) is 3.75. The maximum Gasteiger partial charge on any atom is 0.257 e. The highest BCUT2D eigenvalue weighted by atomic mass is 16.5. The van der Waals surface area contributed by atoms with Gasteiger partial charge in [0.15, 0.2) is 5.78 Å². The first-order valence-corrected chi connectivity index (χ1v) is 10.3. The van der Waals surface area contributed by atoms with Crippen LogP contribution in [-0.4, -0.2) is 39.5 Å². The number of carbonyl (C=O) groups excluding carboxylic acids is 2. The van der Waals surface area contributed by atoms with E-state index in [1.807, 2.05) is 49.4 Å². The first-order chi connectivity index (χ1) is 14.6. The van der Waals surface area contributed by atoms with Crippen LogP contribution in [0.25, 0.3) is 0 Å². The average Bonchev–Trinajstić information content (AvgIpc) is 3.29. The van der Waals surface area contributed by atoms with Crippen LogP contribution in [0.3, 0.4) is 0 Å². The van der Waals surface area contributed by atoms with E-state index in [1.54, 1.807) is 34.1 Å². The molecule has 1 atom stereocenters. The Morgan fingerprint density at radius 1 is 1.03 bits per heavy atom. The van der Waals surface area contributed by atoms with Gasteiger partial charge in [0.05, 0.1) is 11.8 Å². The molecule has 0 spiro atoms. The van der Waals surface area contributed by atoms with Crippen molar-refractivity contribution >= 4 is 11.7 Å². The Kier molecular flexibility index (Phi) is 5.93. The lowest BCUT2D eigenvalue weighted by atomic mass is 9.89. The number of nitrogens with zero attached hydrogens (tertiary/aromatic N) is 3. The molecule has 2 aromatic carbocycles. The number of hydrogen-bond donors (Lipinski definition) is 0. The standard InChI is InChI=1S/C24H25N3O3/c1-2-27-17-20(15-25-27)24(29)26-14-6-7-19(16-26)23(28)18-10-12-22(13-11-18)30-21-8-4-3-5-9-21/h3-5,8-13,15,17,19H,2,6-7,14,16H2,1H3. The number of ether oxygens (including phenoxy) is 1. The predicted molar refractivity (Wildman–Crippen MR) is 114 cm³/mol. The zero-order chi connectivity index (χ0) is 20.9. The normalized spacial score (nSPS) is 16.3. The van der Waals surface area contributed by atoms with Crippen molar-refractivity contribution in [3.8, 4) is 11.5 Å². The van der Waals surface area contributed by atoms with E-state index in [9.17, 15) is 9.59 Å². The molecule has 3 aromatic rings.